The minimum Gasteiger partial charge on any atom is -0.383 e. The molecule has 0 aromatic heterocycles. The Morgan fingerprint density at radius 1 is 1.53 bits per heavy atom. The maximum Gasteiger partial charge on any atom is 0.113 e. The van der Waals surface area contributed by atoms with Crippen LogP contribution in [-0.2, 0) is 16.8 Å². The van der Waals surface area contributed by atoms with E-state index in [2.05, 4.69) is 22.0 Å². The largest absolute Gasteiger partial charge is 0.383 e. The zero-order valence-corrected chi connectivity index (χ0v) is 10.4. The Morgan fingerprint density at radius 2 is 2.33 bits per heavy atom. The molecule has 1 unspecified atom stereocenters. The lowest BCUT2D eigenvalue weighted by atomic mass is 9.80. The zero-order chi connectivity index (χ0) is 10.9. The minimum atomic E-state index is -0.789. The van der Waals surface area contributed by atoms with Crippen LogP contribution in [0.1, 0.15) is 24.0 Å². The van der Waals surface area contributed by atoms with Crippen LogP contribution >= 0.6 is 15.9 Å². The molecule has 1 aromatic rings. The Labute approximate surface area is 98.4 Å². The van der Waals surface area contributed by atoms with Gasteiger partial charge in [-0.25, -0.2) is 0 Å². The standard InChI is InChI=1S/C12H15BrO2/c1-15-8-12(14)6-2-3-9-7-10(13)4-5-11(9)12/h4-5,7,14H,2-3,6,8H2,1H3. The summed E-state index contributed by atoms with van der Waals surface area (Å²) in [5.41, 5.74) is 1.47. The van der Waals surface area contributed by atoms with E-state index < -0.39 is 5.60 Å². The summed E-state index contributed by atoms with van der Waals surface area (Å²) in [6.07, 6.45) is 2.85. The zero-order valence-electron chi connectivity index (χ0n) is 8.79. The molecule has 2 nitrogen and oxygen atoms in total. The van der Waals surface area contributed by atoms with Crippen LogP contribution < -0.4 is 0 Å². The van der Waals surface area contributed by atoms with Crippen molar-refractivity contribution in [3.05, 3.63) is 33.8 Å². The number of rotatable bonds is 2. The Balaban J connectivity index is 2.42. The second-order valence-corrected chi connectivity index (χ2v) is 5.04. The van der Waals surface area contributed by atoms with Crippen molar-refractivity contribution in [1.82, 2.24) is 0 Å². The highest BCUT2D eigenvalue weighted by molar-refractivity contribution is 9.10. The van der Waals surface area contributed by atoms with E-state index in [1.807, 2.05) is 12.1 Å². The lowest BCUT2D eigenvalue weighted by Gasteiger charge is -2.34. The first-order valence-corrected chi connectivity index (χ1v) is 5.95. The molecule has 0 radical (unpaired) electrons. The van der Waals surface area contributed by atoms with Gasteiger partial charge in [-0.3, -0.25) is 0 Å². The summed E-state index contributed by atoms with van der Waals surface area (Å²) < 4.78 is 6.18. The number of methoxy groups -OCH3 is 1. The van der Waals surface area contributed by atoms with Gasteiger partial charge in [0.15, 0.2) is 0 Å². The normalized spacial score (nSPS) is 25.0. The molecule has 0 fully saturated rings. The number of aliphatic hydroxyl groups is 1. The van der Waals surface area contributed by atoms with Gasteiger partial charge in [-0.2, -0.15) is 0 Å². The van der Waals surface area contributed by atoms with Gasteiger partial charge in [-0.05, 0) is 42.5 Å². The van der Waals surface area contributed by atoms with Crippen LogP contribution in [0.4, 0.5) is 0 Å². The molecule has 1 aliphatic rings. The number of fused-ring (bicyclic) bond motifs is 1. The minimum absolute atomic E-state index is 0.377. The van der Waals surface area contributed by atoms with Gasteiger partial charge in [0.25, 0.3) is 0 Å². The maximum atomic E-state index is 10.5. The third-order valence-corrected chi connectivity index (χ3v) is 3.48. The molecule has 0 amide bonds. The van der Waals surface area contributed by atoms with Gasteiger partial charge >= 0.3 is 0 Å². The van der Waals surface area contributed by atoms with Crippen molar-refractivity contribution < 1.29 is 9.84 Å². The molecule has 15 heavy (non-hydrogen) atoms. The number of halogens is 1. The fourth-order valence-corrected chi connectivity index (χ4v) is 2.73. The molecule has 3 heteroatoms. The maximum absolute atomic E-state index is 10.5. The van der Waals surface area contributed by atoms with Crippen molar-refractivity contribution in [1.29, 1.82) is 0 Å². The van der Waals surface area contributed by atoms with Crippen LogP contribution in [0, 0.1) is 0 Å². The monoisotopic (exact) mass is 270 g/mol. The molecule has 1 atom stereocenters. The Morgan fingerprint density at radius 3 is 3.07 bits per heavy atom. The summed E-state index contributed by atoms with van der Waals surface area (Å²) in [7, 11) is 1.63. The van der Waals surface area contributed by atoms with E-state index in [1.54, 1.807) is 7.11 Å². The smallest absolute Gasteiger partial charge is 0.113 e. The van der Waals surface area contributed by atoms with Gasteiger partial charge in [-0.1, -0.05) is 22.0 Å². The van der Waals surface area contributed by atoms with Crippen LogP contribution in [0.3, 0.4) is 0 Å². The van der Waals surface area contributed by atoms with Crippen molar-refractivity contribution in [2.24, 2.45) is 0 Å². The number of aryl methyl sites for hydroxylation is 1. The Kier molecular flexibility index (Phi) is 3.14. The molecule has 0 heterocycles. The molecule has 1 aliphatic carbocycles. The van der Waals surface area contributed by atoms with Crippen LogP contribution in [0.15, 0.2) is 22.7 Å². The van der Waals surface area contributed by atoms with Crippen molar-refractivity contribution in [3.8, 4) is 0 Å². The van der Waals surface area contributed by atoms with E-state index >= 15 is 0 Å². The fourth-order valence-electron chi connectivity index (χ4n) is 2.32. The van der Waals surface area contributed by atoms with Crippen LogP contribution in [0.25, 0.3) is 0 Å². The molecule has 82 valence electrons. The molecule has 1 N–H and O–H groups in total. The van der Waals surface area contributed by atoms with Gasteiger partial charge in [0.2, 0.25) is 0 Å². The molecular weight excluding hydrogens is 256 g/mol. The van der Waals surface area contributed by atoms with Gasteiger partial charge in [0, 0.05) is 11.6 Å². The number of hydrogen-bond donors (Lipinski definition) is 1. The summed E-state index contributed by atoms with van der Waals surface area (Å²) >= 11 is 3.45. The van der Waals surface area contributed by atoms with Crippen molar-refractivity contribution in [3.63, 3.8) is 0 Å². The first-order valence-electron chi connectivity index (χ1n) is 5.16. The number of ether oxygens (including phenoxy) is 1. The first kappa shape index (κ1) is 11.1. The second kappa shape index (κ2) is 4.24. The van der Waals surface area contributed by atoms with Crippen LogP contribution in [0.5, 0.6) is 0 Å². The SMILES string of the molecule is COCC1(O)CCCc2cc(Br)ccc21. The summed E-state index contributed by atoms with van der Waals surface area (Å²) in [4.78, 5) is 0. The molecule has 0 aliphatic heterocycles. The summed E-state index contributed by atoms with van der Waals surface area (Å²) in [5.74, 6) is 0. The highest BCUT2D eigenvalue weighted by atomic mass is 79.9. The van der Waals surface area contributed by atoms with E-state index in [-0.39, 0.29) is 0 Å². The molecule has 1 aromatic carbocycles. The molecule has 0 bridgehead atoms. The summed E-state index contributed by atoms with van der Waals surface area (Å²) in [6.45, 7) is 0.377. The fraction of sp³-hybridized carbons (Fsp3) is 0.500. The molecule has 0 spiro atoms. The van der Waals surface area contributed by atoms with Crippen LogP contribution in [-0.4, -0.2) is 18.8 Å². The predicted molar refractivity (Wildman–Crippen MR) is 62.9 cm³/mol. The van der Waals surface area contributed by atoms with Crippen molar-refractivity contribution in [2.45, 2.75) is 24.9 Å². The van der Waals surface area contributed by atoms with E-state index in [1.165, 1.54) is 5.56 Å². The van der Waals surface area contributed by atoms with Crippen molar-refractivity contribution >= 4 is 15.9 Å². The highest BCUT2D eigenvalue weighted by Crippen LogP contribution is 2.36. The Bertz CT molecular complexity index is 365. The lowest BCUT2D eigenvalue weighted by molar-refractivity contribution is -0.0479. The van der Waals surface area contributed by atoms with Crippen molar-refractivity contribution in [2.75, 3.05) is 13.7 Å². The molecular formula is C12H15BrO2. The van der Waals surface area contributed by atoms with Crippen LogP contribution in [0.2, 0.25) is 0 Å². The molecule has 0 saturated heterocycles. The lowest BCUT2D eigenvalue weighted by Crippen LogP contribution is -2.35. The van der Waals surface area contributed by atoms with E-state index in [9.17, 15) is 5.11 Å². The predicted octanol–water partition coefficient (Wildman–Crippen LogP) is 2.62. The topological polar surface area (TPSA) is 29.5 Å². The molecule has 0 saturated carbocycles. The molecule has 2 rings (SSSR count). The van der Waals surface area contributed by atoms with E-state index in [4.69, 9.17) is 4.74 Å². The van der Waals surface area contributed by atoms with Gasteiger partial charge in [0.1, 0.15) is 5.60 Å². The second-order valence-electron chi connectivity index (χ2n) is 4.12. The average molecular weight is 271 g/mol. The quantitative estimate of drug-likeness (QED) is 0.896. The Hall–Kier alpha value is -0.380. The van der Waals surface area contributed by atoms with Gasteiger partial charge in [0.05, 0.1) is 6.61 Å². The number of benzene rings is 1. The summed E-state index contributed by atoms with van der Waals surface area (Å²) in [5, 5.41) is 10.5. The highest BCUT2D eigenvalue weighted by Gasteiger charge is 2.34. The van der Waals surface area contributed by atoms with E-state index in [0.29, 0.717) is 6.61 Å². The summed E-state index contributed by atoms with van der Waals surface area (Å²) in [6, 6.07) is 6.07. The third-order valence-electron chi connectivity index (χ3n) is 2.99. The first-order chi connectivity index (χ1) is 7.15. The van der Waals surface area contributed by atoms with E-state index in [0.717, 1.165) is 29.3 Å². The average Bonchev–Trinajstić information content (AvgIpc) is 2.17. The van der Waals surface area contributed by atoms with Gasteiger partial charge < -0.3 is 9.84 Å². The van der Waals surface area contributed by atoms with Gasteiger partial charge in [-0.15, -0.1) is 0 Å². The number of hydrogen-bond acceptors (Lipinski definition) is 2. The third kappa shape index (κ3) is 2.10.